The standard InChI is InChI=1S/C11H19N5O2S/c1-15-7-10(6-14-15)19(17,18)16(8-11(12)13)9-4-2-3-5-9/h6-7,9H,2-5,8H2,1H3,(H3,12,13). The number of hydrogen-bond donors (Lipinski definition) is 2. The minimum absolute atomic E-state index is 0.0537. The Morgan fingerprint density at radius 1 is 1.58 bits per heavy atom. The van der Waals surface area contributed by atoms with Crippen molar-refractivity contribution in [3.8, 4) is 0 Å². The molecule has 19 heavy (non-hydrogen) atoms. The first-order valence-electron chi connectivity index (χ1n) is 6.24. The van der Waals surface area contributed by atoms with Crippen LogP contribution in [-0.2, 0) is 17.1 Å². The van der Waals surface area contributed by atoms with Crippen molar-refractivity contribution in [1.82, 2.24) is 14.1 Å². The highest BCUT2D eigenvalue weighted by Gasteiger charge is 2.34. The van der Waals surface area contributed by atoms with E-state index in [1.54, 1.807) is 7.05 Å². The lowest BCUT2D eigenvalue weighted by Gasteiger charge is -2.26. The zero-order chi connectivity index (χ0) is 14.0. The van der Waals surface area contributed by atoms with E-state index in [1.807, 2.05) is 0 Å². The smallest absolute Gasteiger partial charge is 0.246 e. The van der Waals surface area contributed by atoms with Crippen LogP contribution in [0.5, 0.6) is 0 Å². The molecule has 1 saturated carbocycles. The molecule has 1 aliphatic carbocycles. The summed E-state index contributed by atoms with van der Waals surface area (Å²) < 4.78 is 28.0. The second-order valence-electron chi connectivity index (χ2n) is 4.86. The summed E-state index contributed by atoms with van der Waals surface area (Å²) in [4.78, 5) is 0.156. The van der Waals surface area contributed by atoms with E-state index in [1.165, 1.54) is 21.4 Å². The summed E-state index contributed by atoms with van der Waals surface area (Å²) in [5.74, 6) is -0.139. The predicted molar refractivity (Wildman–Crippen MR) is 71.3 cm³/mol. The lowest BCUT2D eigenvalue weighted by molar-refractivity contribution is 0.353. The van der Waals surface area contributed by atoms with Crippen LogP contribution in [0.2, 0.25) is 0 Å². The molecule has 0 unspecified atom stereocenters. The summed E-state index contributed by atoms with van der Waals surface area (Å²) in [5, 5.41) is 11.3. The Balaban J connectivity index is 2.33. The molecule has 0 saturated heterocycles. The minimum atomic E-state index is -3.63. The summed E-state index contributed by atoms with van der Waals surface area (Å²) in [6.45, 7) is -0.0537. The van der Waals surface area contributed by atoms with Gasteiger partial charge in [-0.3, -0.25) is 10.1 Å². The van der Waals surface area contributed by atoms with E-state index >= 15 is 0 Å². The van der Waals surface area contributed by atoms with Crippen LogP contribution in [-0.4, -0.2) is 40.9 Å². The SMILES string of the molecule is Cn1cc(S(=O)(=O)N(CC(=N)N)C2CCCC2)cn1. The number of amidine groups is 1. The average molecular weight is 285 g/mol. The van der Waals surface area contributed by atoms with Crippen LogP contribution in [0.25, 0.3) is 0 Å². The zero-order valence-corrected chi connectivity index (χ0v) is 11.7. The van der Waals surface area contributed by atoms with Gasteiger partial charge in [0.15, 0.2) is 0 Å². The molecule has 1 aromatic rings. The molecule has 3 N–H and O–H groups in total. The molecule has 1 aromatic heterocycles. The first-order valence-corrected chi connectivity index (χ1v) is 7.68. The molecule has 1 heterocycles. The molecule has 0 spiro atoms. The maximum Gasteiger partial charge on any atom is 0.246 e. The normalized spacial score (nSPS) is 17.2. The van der Waals surface area contributed by atoms with Crippen molar-refractivity contribution in [2.75, 3.05) is 6.54 Å². The number of nitrogens with zero attached hydrogens (tertiary/aromatic N) is 3. The van der Waals surface area contributed by atoms with Crippen molar-refractivity contribution in [2.24, 2.45) is 12.8 Å². The number of hydrogen-bond acceptors (Lipinski definition) is 4. The van der Waals surface area contributed by atoms with Crippen molar-refractivity contribution in [3.05, 3.63) is 12.4 Å². The largest absolute Gasteiger partial charge is 0.387 e. The van der Waals surface area contributed by atoms with Gasteiger partial charge in [-0.1, -0.05) is 12.8 Å². The van der Waals surface area contributed by atoms with E-state index in [2.05, 4.69) is 5.10 Å². The van der Waals surface area contributed by atoms with Crippen LogP contribution in [0.1, 0.15) is 25.7 Å². The third kappa shape index (κ3) is 2.95. The molecule has 1 fully saturated rings. The van der Waals surface area contributed by atoms with Gasteiger partial charge in [-0.15, -0.1) is 0 Å². The summed E-state index contributed by atoms with van der Waals surface area (Å²) in [5.41, 5.74) is 5.40. The molecule has 2 rings (SSSR count). The van der Waals surface area contributed by atoms with Gasteiger partial charge in [0.1, 0.15) is 10.7 Å². The molecule has 0 aliphatic heterocycles. The highest BCUT2D eigenvalue weighted by Crippen LogP contribution is 2.28. The second-order valence-corrected chi connectivity index (χ2v) is 6.75. The first kappa shape index (κ1) is 14.0. The fraction of sp³-hybridized carbons (Fsp3) is 0.636. The van der Waals surface area contributed by atoms with Crippen molar-refractivity contribution in [2.45, 2.75) is 36.6 Å². The summed E-state index contributed by atoms with van der Waals surface area (Å²) >= 11 is 0. The van der Waals surface area contributed by atoms with E-state index in [4.69, 9.17) is 11.1 Å². The Morgan fingerprint density at radius 3 is 2.68 bits per heavy atom. The molecular formula is C11H19N5O2S. The zero-order valence-electron chi connectivity index (χ0n) is 10.9. The quantitative estimate of drug-likeness (QED) is 0.599. The molecular weight excluding hydrogens is 266 g/mol. The van der Waals surface area contributed by atoms with E-state index in [0.717, 1.165) is 25.7 Å². The number of rotatable bonds is 5. The number of nitrogens with one attached hydrogen (secondary N) is 1. The molecule has 1 aliphatic rings. The van der Waals surface area contributed by atoms with Crippen LogP contribution < -0.4 is 5.73 Å². The molecule has 0 atom stereocenters. The Labute approximate surface area is 112 Å². The van der Waals surface area contributed by atoms with Crippen LogP contribution in [0, 0.1) is 5.41 Å². The molecule has 0 amide bonds. The van der Waals surface area contributed by atoms with Gasteiger partial charge in [0.25, 0.3) is 0 Å². The third-order valence-corrected chi connectivity index (χ3v) is 5.20. The van der Waals surface area contributed by atoms with Crippen molar-refractivity contribution < 1.29 is 8.42 Å². The van der Waals surface area contributed by atoms with Gasteiger partial charge >= 0.3 is 0 Å². The molecule has 7 nitrogen and oxygen atoms in total. The molecule has 0 bridgehead atoms. The van der Waals surface area contributed by atoms with Gasteiger partial charge in [0, 0.05) is 19.3 Å². The van der Waals surface area contributed by atoms with Gasteiger partial charge in [-0.05, 0) is 12.8 Å². The van der Waals surface area contributed by atoms with Crippen molar-refractivity contribution >= 4 is 15.9 Å². The first-order chi connectivity index (χ1) is 8.91. The monoisotopic (exact) mass is 285 g/mol. The Morgan fingerprint density at radius 2 is 2.21 bits per heavy atom. The number of aromatic nitrogens is 2. The maximum atomic E-state index is 12.6. The highest BCUT2D eigenvalue weighted by molar-refractivity contribution is 7.89. The maximum absolute atomic E-state index is 12.6. The van der Waals surface area contributed by atoms with Crippen LogP contribution in [0.15, 0.2) is 17.3 Å². The number of sulfonamides is 1. The fourth-order valence-corrected chi connectivity index (χ4v) is 4.09. The highest BCUT2D eigenvalue weighted by atomic mass is 32.2. The Bertz CT molecular complexity index is 559. The van der Waals surface area contributed by atoms with Gasteiger partial charge in [0.05, 0.1) is 12.7 Å². The molecule has 0 radical (unpaired) electrons. The van der Waals surface area contributed by atoms with Crippen molar-refractivity contribution in [3.63, 3.8) is 0 Å². The Hall–Kier alpha value is -1.41. The van der Waals surface area contributed by atoms with Gasteiger partial charge < -0.3 is 5.73 Å². The molecule has 8 heteroatoms. The van der Waals surface area contributed by atoms with Gasteiger partial charge in [0.2, 0.25) is 10.0 Å². The lowest BCUT2D eigenvalue weighted by atomic mass is 10.2. The van der Waals surface area contributed by atoms with Crippen molar-refractivity contribution in [1.29, 1.82) is 5.41 Å². The summed E-state index contributed by atoms with van der Waals surface area (Å²) in [7, 11) is -1.96. The third-order valence-electron chi connectivity index (χ3n) is 3.35. The molecule has 0 aromatic carbocycles. The van der Waals surface area contributed by atoms with Crippen LogP contribution >= 0.6 is 0 Å². The fourth-order valence-electron chi connectivity index (χ4n) is 2.44. The minimum Gasteiger partial charge on any atom is -0.387 e. The van der Waals surface area contributed by atoms with E-state index < -0.39 is 10.0 Å². The number of aryl methyl sites for hydroxylation is 1. The van der Waals surface area contributed by atoms with Crippen LogP contribution in [0.4, 0.5) is 0 Å². The topological polar surface area (TPSA) is 105 Å². The average Bonchev–Trinajstić information content (AvgIpc) is 2.96. The Kier molecular flexibility index (Phi) is 3.91. The summed E-state index contributed by atoms with van der Waals surface area (Å²) in [6.07, 6.45) is 6.48. The second kappa shape index (κ2) is 5.30. The number of nitrogens with two attached hydrogens (primary N) is 1. The molecule has 106 valence electrons. The van der Waals surface area contributed by atoms with Gasteiger partial charge in [-0.2, -0.15) is 9.40 Å². The van der Waals surface area contributed by atoms with E-state index in [-0.39, 0.29) is 23.3 Å². The van der Waals surface area contributed by atoms with E-state index in [9.17, 15) is 8.42 Å². The van der Waals surface area contributed by atoms with Crippen LogP contribution in [0.3, 0.4) is 0 Å². The van der Waals surface area contributed by atoms with E-state index in [0.29, 0.717) is 0 Å². The lowest BCUT2D eigenvalue weighted by Crippen LogP contribution is -2.43. The predicted octanol–water partition coefficient (Wildman–Crippen LogP) is 0.289. The summed E-state index contributed by atoms with van der Waals surface area (Å²) in [6, 6.07) is -0.0610. The van der Waals surface area contributed by atoms with Gasteiger partial charge in [-0.25, -0.2) is 8.42 Å².